The topological polar surface area (TPSA) is 64.3 Å². The number of carbonyl (C=O) groups is 1. The lowest BCUT2D eigenvalue weighted by Crippen LogP contribution is -2.49. The minimum Gasteiger partial charge on any atom is -0.364 e. The van der Waals surface area contributed by atoms with E-state index < -0.39 is 6.10 Å². The van der Waals surface area contributed by atoms with Gasteiger partial charge < -0.3 is 15.8 Å². The molecule has 2 atom stereocenters. The third kappa shape index (κ3) is 9.61. The maximum Gasteiger partial charge on any atom is 0.250 e. The molecule has 0 radical (unpaired) electrons. The van der Waals surface area contributed by atoms with Crippen LogP contribution >= 0.6 is 11.8 Å². The van der Waals surface area contributed by atoms with E-state index in [1.165, 1.54) is 0 Å². The third-order valence-corrected chi connectivity index (χ3v) is 3.82. The molecule has 0 fully saturated rings. The van der Waals surface area contributed by atoms with Crippen LogP contribution in [0, 0.1) is 5.92 Å². The first kappa shape index (κ1) is 19.7. The van der Waals surface area contributed by atoms with Crippen LogP contribution in [0.25, 0.3) is 0 Å². The molecule has 0 aromatic carbocycles. The monoisotopic (exact) mass is 304 g/mol. The lowest BCUT2D eigenvalue weighted by molar-refractivity contribution is -0.137. The number of rotatable bonds is 11. The molecule has 0 spiro atoms. The Kier molecular flexibility index (Phi) is 11.3. The van der Waals surface area contributed by atoms with Gasteiger partial charge in [0.2, 0.25) is 0 Å². The first-order valence-corrected chi connectivity index (χ1v) is 8.80. The van der Waals surface area contributed by atoms with Gasteiger partial charge in [-0.2, -0.15) is 11.8 Å². The van der Waals surface area contributed by atoms with Crippen molar-refractivity contribution < 1.29 is 9.53 Å². The van der Waals surface area contributed by atoms with Crippen molar-refractivity contribution in [1.29, 1.82) is 0 Å². The zero-order valence-corrected chi connectivity index (χ0v) is 14.5. The molecule has 20 heavy (non-hydrogen) atoms. The number of carbonyl (C=O) groups excluding carboxylic acids is 1. The highest BCUT2D eigenvalue weighted by Gasteiger charge is 2.27. The van der Waals surface area contributed by atoms with Gasteiger partial charge in [-0.25, -0.2) is 0 Å². The van der Waals surface area contributed by atoms with Gasteiger partial charge in [-0.05, 0) is 44.1 Å². The van der Waals surface area contributed by atoms with Gasteiger partial charge in [-0.1, -0.05) is 20.8 Å². The predicted molar refractivity (Wildman–Crippen MR) is 88.1 cm³/mol. The van der Waals surface area contributed by atoms with Crippen molar-refractivity contribution in [3.05, 3.63) is 0 Å². The van der Waals surface area contributed by atoms with Crippen molar-refractivity contribution >= 4 is 17.7 Å². The van der Waals surface area contributed by atoms with E-state index in [0.717, 1.165) is 24.3 Å². The Hall–Kier alpha value is -0.260. The summed E-state index contributed by atoms with van der Waals surface area (Å²) in [5, 5.41) is 2.94. The number of amides is 1. The fourth-order valence-electron chi connectivity index (χ4n) is 1.75. The first-order valence-electron chi connectivity index (χ1n) is 7.64. The Morgan fingerprint density at radius 2 is 1.90 bits per heavy atom. The van der Waals surface area contributed by atoms with Gasteiger partial charge in [0.15, 0.2) is 6.10 Å². The minimum atomic E-state index is -0.542. The van der Waals surface area contributed by atoms with Crippen LogP contribution in [0.15, 0.2) is 0 Å². The lowest BCUT2D eigenvalue weighted by Gasteiger charge is -2.25. The molecule has 1 amide bonds. The molecular weight excluding hydrogens is 272 g/mol. The Balaban J connectivity index is 4.33. The average Bonchev–Trinajstić information content (AvgIpc) is 2.35. The van der Waals surface area contributed by atoms with Gasteiger partial charge in [0.05, 0.1) is 6.10 Å². The second-order valence-corrected chi connectivity index (χ2v) is 7.12. The number of nitrogens with one attached hydrogen (secondary N) is 1. The molecular formula is C15H32N2O2S. The van der Waals surface area contributed by atoms with Crippen LogP contribution in [0.4, 0.5) is 0 Å². The van der Waals surface area contributed by atoms with E-state index in [9.17, 15) is 4.79 Å². The summed E-state index contributed by atoms with van der Waals surface area (Å²) < 4.78 is 5.72. The molecule has 0 heterocycles. The molecule has 0 rings (SSSR count). The van der Waals surface area contributed by atoms with Crippen molar-refractivity contribution in [3.8, 4) is 0 Å². The number of nitrogens with two attached hydrogens (primary N) is 1. The molecule has 0 aliphatic rings. The molecule has 5 heteroatoms. The van der Waals surface area contributed by atoms with Crippen molar-refractivity contribution in [2.45, 2.75) is 65.7 Å². The van der Waals surface area contributed by atoms with Gasteiger partial charge in [0, 0.05) is 12.6 Å². The van der Waals surface area contributed by atoms with Crippen LogP contribution in [0.2, 0.25) is 0 Å². The van der Waals surface area contributed by atoms with E-state index in [0.29, 0.717) is 12.5 Å². The molecule has 0 aromatic heterocycles. The van der Waals surface area contributed by atoms with E-state index >= 15 is 0 Å². The van der Waals surface area contributed by atoms with E-state index in [2.05, 4.69) is 26.1 Å². The summed E-state index contributed by atoms with van der Waals surface area (Å²) >= 11 is 1.84. The van der Waals surface area contributed by atoms with Crippen molar-refractivity contribution in [2.75, 3.05) is 18.1 Å². The van der Waals surface area contributed by atoms with Gasteiger partial charge >= 0.3 is 0 Å². The van der Waals surface area contributed by atoms with Gasteiger partial charge in [-0.15, -0.1) is 0 Å². The first-order chi connectivity index (χ1) is 9.38. The van der Waals surface area contributed by atoms with Crippen LogP contribution in [0.1, 0.15) is 47.5 Å². The average molecular weight is 305 g/mol. The Morgan fingerprint density at radius 1 is 1.25 bits per heavy atom. The van der Waals surface area contributed by atoms with Crippen LogP contribution < -0.4 is 11.1 Å². The fourth-order valence-corrected chi connectivity index (χ4v) is 2.48. The molecule has 1 unspecified atom stereocenters. The third-order valence-electron chi connectivity index (χ3n) is 2.89. The zero-order valence-electron chi connectivity index (χ0n) is 13.6. The SMILES string of the molecule is CCSCC[C@@H](N)C(OC(C)C)C(=O)NCCC(C)C. The van der Waals surface area contributed by atoms with E-state index in [1.807, 2.05) is 25.6 Å². The largest absolute Gasteiger partial charge is 0.364 e. The molecule has 3 N–H and O–H groups in total. The normalized spacial score (nSPS) is 14.6. The Bertz CT molecular complexity index is 260. The highest BCUT2D eigenvalue weighted by atomic mass is 32.2. The lowest BCUT2D eigenvalue weighted by atomic mass is 10.1. The van der Waals surface area contributed by atoms with Gasteiger partial charge in [0.25, 0.3) is 5.91 Å². The quantitative estimate of drug-likeness (QED) is 0.575. The molecule has 0 aliphatic carbocycles. The van der Waals surface area contributed by atoms with E-state index in [-0.39, 0.29) is 18.1 Å². The van der Waals surface area contributed by atoms with E-state index in [1.54, 1.807) is 0 Å². The van der Waals surface area contributed by atoms with Crippen LogP contribution in [-0.2, 0) is 9.53 Å². The molecule has 0 aliphatic heterocycles. The number of hydrogen-bond donors (Lipinski definition) is 2. The van der Waals surface area contributed by atoms with Gasteiger partial charge in [-0.3, -0.25) is 4.79 Å². The van der Waals surface area contributed by atoms with E-state index in [4.69, 9.17) is 10.5 Å². The smallest absolute Gasteiger partial charge is 0.250 e. The highest BCUT2D eigenvalue weighted by molar-refractivity contribution is 7.99. The summed E-state index contributed by atoms with van der Waals surface area (Å²) in [6.45, 7) is 11.0. The highest BCUT2D eigenvalue weighted by Crippen LogP contribution is 2.10. The molecule has 0 saturated carbocycles. The standard InChI is InChI=1S/C15H32N2O2S/c1-6-20-10-8-13(16)14(19-12(4)5)15(18)17-9-7-11(2)3/h11-14H,6-10,16H2,1-5H3,(H,17,18)/t13-,14?/m1/s1. The fraction of sp³-hybridized carbons (Fsp3) is 0.933. The minimum absolute atomic E-state index is 0.000673. The summed E-state index contributed by atoms with van der Waals surface area (Å²) in [5.41, 5.74) is 6.14. The summed E-state index contributed by atoms with van der Waals surface area (Å²) in [4.78, 5) is 12.2. The van der Waals surface area contributed by atoms with Crippen LogP contribution in [0.3, 0.4) is 0 Å². The van der Waals surface area contributed by atoms with Gasteiger partial charge in [0.1, 0.15) is 0 Å². The Morgan fingerprint density at radius 3 is 2.40 bits per heavy atom. The summed E-state index contributed by atoms with van der Waals surface area (Å²) in [6, 6.07) is -0.240. The molecule has 0 bridgehead atoms. The number of thioether (sulfide) groups is 1. The zero-order chi connectivity index (χ0) is 15.5. The second-order valence-electron chi connectivity index (χ2n) is 5.73. The molecule has 120 valence electrons. The van der Waals surface area contributed by atoms with Crippen molar-refractivity contribution in [3.63, 3.8) is 0 Å². The van der Waals surface area contributed by atoms with Crippen LogP contribution in [0.5, 0.6) is 0 Å². The Labute approximate surface area is 128 Å². The summed E-state index contributed by atoms with van der Waals surface area (Å²) in [5.74, 6) is 2.54. The summed E-state index contributed by atoms with van der Waals surface area (Å²) in [6.07, 6.45) is 1.23. The molecule has 0 saturated heterocycles. The van der Waals surface area contributed by atoms with Crippen molar-refractivity contribution in [1.82, 2.24) is 5.32 Å². The molecule has 4 nitrogen and oxygen atoms in total. The number of hydrogen-bond acceptors (Lipinski definition) is 4. The second kappa shape index (κ2) is 11.4. The number of ether oxygens (including phenoxy) is 1. The van der Waals surface area contributed by atoms with Crippen LogP contribution in [-0.4, -0.2) is 42.2 Å². The van der Waals surface area contributed by atoms with Crippen molar-refractivity contribution in [2.24, 2.45) is 11.7 Å². The molecule has 0 aromatic rings. The maximum atomic E-state index is 12.2. The maximum absolute atomic E-state index is 12.2. The summed E-state index contributed by atoms with van der Waals surface area (Å²) in [7, 11) is 0. The predicted octanol–water partition coefficient (Wildman–Crippen LogP) is 2.41.